The van der Waals surface area contributed by atoms with Crippen LogP contribution in [0.15, 0.2) is 42.5 Å². The van der Waals surface area contributed by atoms with Crippen LogP contribution in [0.4, 0.5) is 24.5 Å². The molecule has 7 heteroatoms. The van der Waals surface area contributed by atoms with Gasteiger partial charge in [-0.25, -0.2) is 13.2 Å². The van der Waals surface area contributed by atoms with E-state index in [0.717, 1.165) is 12.1 Å². The molecule has 130 valence electrons. The molecular formula is C18H15F3N2O2. The molecule has 0 aliphatic heterocycles. The number of amides is 2. The van der Waals surface area contributed by atoms with E-state index >= 15 is 0 Å². The Kier molecular flexibility index (Phi) is 4.48. The van der Waals surface area contributed by atoms with Crippen LogP contribution < -0.4 is 10.2 Å². The maximum atomic E-state index is 13.6. The number of nitrogens with zero attached hydrogens (tertiary/aromatic N) is 1. The minimum atomic E-state index is -1.65. The molecule has 0 radical (unpaired) electrons. The van der Waals surface area contributed by atoms with Gasteiger partial charge in [0.25, 0.3) is 0 Å². The van der Waals surface area contributed by atoms with Gasteiger partial charge in [-0.3, -0.25) is 9.59 Å². The van der Waals surface area contributed by atoms with Crippen LogP contribution in [-0.2, 0) is 9.59 Å². The average Bonchev–Trinajstić information content (AvgIpc) is 3.42. The molecule has 2 amide bonds. The molecular weight excluding hydrogens is 333 g/mol. The molecule has 0 aromatic heterocycles. The summed E-state index contributed by atoms with van der Waals surface area (Å²) in [6.45, 7) is 0. The minimum absolute atomic E-state index is 0.225. The van der Waals surface area contributed by atoms with Gasteiger partial charge in [-0.15, -0.1) is 0 Å². The number of carbonyl (C=O) groups excluding carboxylic acids is 2. The summed E-state index contributed by atoms with van der Waals surface area (Å²) in [6, 6.07) is 10.6. The van der Waals surface area contributed by atoms with E-state index < -0.39 is 40.9 Å². The molecule has 1 saturated carbocycles. The first kappa shape index (κ1) is 17.0. The summed E-state index contributed by atoms with van der Waals surface area (Å²) in [6.07, 6.45) is 0.327. The number of anilines is 2. The molecule has 0 heterocycles. The lowest BCUT2D eigenvalue weighted by Crippen LogP contribution is -2.29. The van der Waals surface area contributed by atoms with Crippen LogP contribution in [0.25, 0.3) is 0 Å². The van der Waals surface area contributed by atoms with Gasteiger partial charge in [-0.1, -0.05) is 18.2 Å². The third-order valence-corrected chi connectivity index (χ3v) is 4.21. The van der Waals surface area contributed by atoms with E-state index in [1.54, 1.807) is 31.3 Å². The van der Waals surface area contributed by atoms with Gasteiger partial charge < -0.3 is 10.2 Å². The van der Waals surface area contributed by atoms with Crippen molar-refractivity contribution in [2.45, 2.75) is 6.42 Å². The highest BCUT2D eigenvalue weighted by Gasteiger charge is 2.49. The third-order valence-electron chi connectivity index (χ3n) is 4.21. The third kappa shape index (κ3) is 3.35. The van der Waals surface area contributed by atoms with Crippen molar-refractivity contribution >= 4 is 23.2 Å². The first-order valence-electron chi connectivity index (χ1n) is 7.67. The van der Waals surface area contributed by atoms with E-state index in [2.05, 4.69) is 5.32 Å². The SMILES string of the molecule is CN(C(=O)C1CC1C(=O)Nc1ccc(F)c(F)c1F)c1ccccc1. The smallest absolute Gasteiger partial charge is 0.230 e. The number of rotatable bonds is 4. The van der Waals surface area contributed by atoms with Crippen LogP contribution in [0.2, 0.25) is 0 Å². The topological polar surface area (TPSA) is 49.4 Å². The van der Waals surface area contributed by atoms with Crippen molar-refractivity contribution in [3.8, 4) is 0 Å². The molecule has 2 unspecified atom stereocenters. The second-order valence-corrected chi connectivity index (χ2v) is 5.89. The number of nitrogens with one attached hydrogen (secondary N) is 1. The minimum Gasteiger partial charge on any atom is -0.323 e. The predicted octanol–water partition coefficient (Wildman–Crippen LogP) is 3.34. The Morgan fingerprint density at radius 2 is 1.68 bits per heavy atom. The Balaban J connectivity index is 1.64. The van der Waals surface area contributed by atoms with Gasteiger partial charge in [-0.2, -0.15) is 0 Å². The van der Waals surface area contributed by atoms with Crippen molar-refractivity contribution in [1.82, 2.24) is 0 Å². The summed E-state index contributed by atoms with van der Waals surface area (Å²) in [5.41, 5.74) is 0.253. The van der Waals surface area contributed by atoms with Crippen LogP contribution in [0, 0.1) is 29.3 Å². The molecule has 2 aromatic rings. The van der Waals surface area contributed by atoms with Gasteiger partial charge in [-0.05, 0) is 30.7 Å². The Morgan fingerprint density at radius 1 is 1.00 bits per heavy atom. The summed E-state index contributed by atoms with van der Waals surface area (Å²) in [4.78, 5) is 26.0. The summed E-state index contributed by atoms with van der Waals surface area (Å²) in [5.74, 6) is -6.39. The fourth-order valence-electron chi connectivity index (χ4n) is 2.63. The largest absolute Gasteiger partial charge is 0.323 e. The molecule has 3 rings (SSSR count). The fourth-order valence-corrected chi connectivity index (χ4v) is 2.63. The molecule has 0 saturated heterocycles. The highest BCUT2D eigenvalue weighted by molar-refractivity contribution is 6.04. The van der Waals surface area contributed by atoms with Crippen molar-refractivity contribution in [3.63, 3.8) is 0 Å². The van der Waals surface area contributed by atoms with E-state index in [4.69, 9.17) is 0 Å². The van der Waals surface area contributed by atoms with Crippen LogP contribution in [0.1, 0.15) is 6.42 Å². The lowest BCUT2D eigenvalue weighted by Gasteiger charge is -2.17. The van der Waals surface area contributed by atoms with Gasteiger partial charge in [0.2, 0.25) is 11.8 Å². The molecule has 1 aliphatic carbocycles. The van der Waals surface area contributed by atoms with E-state index in [1.807, 2.05) is 6.07 Å². The van der Waals surface area contributed by atoms with Crippen molar-refractivity contribution in [3.05, 3.63) is 59.9 Å². The van der Waals surface area contributed by atoms with Crippen LogP contribution in [0.5, 0.6) is 0 Å². The van der Waals surface area contributed by atoms with Crippen molar-refractivity contribution in [2.75, 3.05) is 17.3 Å². The quantitative estimate of drug-likeness (QED) is 0.862. The number of benzene rings is 2. The molecule has 1 aliphatic rings. The second kappa shape index (κ2) is 6.58. The lowest BCUT2D eigenvalue weighted by atomic mass is 10.2. The Morgan fingerprint density at radius 3 is 2.36 bits per heavy atom. The molecule has 0 spiro atoms. The predicted molar refractivity (Wildman–Crippen MR) is 86.4 cm³/mol. The lowest BCUT2D eigenvalue weighted by molar-refractivity contribution is -0.123. The standard InChI is InChI=1S/C18H15F3N2O2/c1-23(10-5-3-2-4-6-10)18(25)12-9-11(12)17(24)22-14-8-7-13(19)15(20)16(14)21/h2-8,11-12H,9H2,1H3,(H,22,24). The van der Waals surface area contributed by atoms with E-state index in [1.165, 1.54) is 4.90 Å². The maximum absolute atomic E-state index is 13.6. The molecule has 1 N–H and O–H groups in total. The molecule has 1 fully saturated rings. The first-order valence-corrected chi connectivity index (χ1v) is 7.67. The Hall–Kier alpha value is -2.83. The van der Waals surface area contributed by atoms with Crippen LogP contribution in [-0.4, -0.2) is 18.9 Å². The van der Waals surface area contributed by atoms with Crippen molar-refractivity contribution in [1.29, 1.82) is 0 Å². The molecule has 0 bridgehead atoms. The highest BCUT2D eigenvalue weighted by Crippen LogP contribution is 2.41. The van der Waals surface area contributed by atoms with Crippen LogP contribution >= 0.6 is 0 Å². The van der Waals surface area contributed by atoms with Gasteiger partial charge in [0.1, 0.15) is 0 Å². The maximum Gasteiger partial charge on any atom is 0.230 e. The molecule has 25 heavy (non-hydrogen) atoms. The Labute approximate surface area is 142 Å². The summed E-state index contributed by atoms with van der Waals surface area (Å²) in [5, 5.41) is 2.21. The first-order chi connectivity index (χ1) is 11.9. The van der Waals surface area contributed by atoms with Crippen LogP contribution in [0.3, 0.4) is 0 Å². The molecule has 2 aromatic carbocycles. The summed E-state index contributed by atoms with van der Waals surface area (Å²) >= 11 is 0. The fraction of sp³-hybridized carbons (Fsp3) is 0.222. The number of hydrogen-bond acceptors (Lipinski definition) is 2. The zero-order valence-corrected chi connectivity index (χ0v) is 13.3. The zero-order valence-electron chi connectivity index (χ0n) is 13.3. The van der Waals surface area contributed by atoms with E-state index in [0.29, 0.717) is 12.1 Å². The second-order valence-electron chi connectivity index (χ2n) is 5.89. The van der Waals surface area contributed by atoms with Crippen molar-refractivity contribution in [2.24, 2.45) is 11.8 Å². The Bertz CT molecular complexity index is 827. The number of hydrogen-bond donors (Lipinski definition) is 1. The van der Waals surface area contributed by atoms with Gasteiger partial charge >= 0.3 is 0 Å². The van der Waals surface area contributed by atoms with Gasteiger partial charge in [0.05, 0.1) is 17.5 Å². The number of halogens is 3. The number of carbonyl (C=O) groups is 2. The van der Waals surface area contributed by atoms with E-state index in [9.17, 15) is 22.8 Å². The zero-order chi connectivity index (χ0) is 18.1. The number of para-hydroxylation sites is 1. The van der Waals surface area contributed by atoms with Gasteiger partial charge in [0, 0.05) is 12.7 Å². The van der Waals surface area contributed by atoms with E-state index in [-0.39, 0.29) is 5.91 Å². The van der Waals surface area contributed by atoms with Gasteiger partial charge in [0.15, 0.2) is 17.5 Å². The monoisotopic (exact) mass is 348 g/mol. The highest BCUT2D eigenvalue weighted by atomic mass is 19.2. The van der Waals surface area contributed by atoms with Crippen molar-refractivity contribution < 1.29 is 22.8 Å². The summed E-state index contributed by atoms with van der Waals surface area (Å²) in [7, 11) is 1.61. The molecule has 4 nitrogen and oxygen atoms in total. The average molecular weight is 348 g/mol. The normalized spacial score (nSPS) is 18.6. The molecule has 2 atom stereocenters. The summed E-state index contributed by atoms with van der Waals surface area (Å²) < 4.78 is 39.7.